The summed E-state index contributed by atoms with van der Waals surface area (Å²) in [7, 11) is 0. The molecule has 1 aromatic heterocycles. The van der Waals surface area contributed by atoms with E-state index in [0.29, 0.717) is 18.1 Å². The molecule has 0 aromatic carbocycles. The van der Waals surface area contributed by atoms with Crippen molar-refractivity contribution in [2.45, 2.75) is 52.4 Å². The number of nitrogens with zero attached hydrogens (tertiary/aromatic N) is 3. The molecule has 0 unspecified atom stereocenters. The van der Waals surface area contributed by atoms with E-state index in [1.54, 1.807) is 0 Å². The summed E-state index contributed by atoms with van der Waals surface area (Å²) in [6.07, 6.45) is 5.50. The molecule has 112 valence electrons. The smallest absolute Gasteiger partial charge is 0.234 e. The summed E-state index contributed by atoms with van der Waals surface area (Å²) >= 11 is 0. The van der Waals surface area contributed by atoms with Crippen LogP contribution in [0.1, 0.15) is 51.2 Å². The highest BCUT2D eigenvalue weighted by Gasteiger charge is 2.24. The lowest BCUT2D eigenvalue weighted by Crippen LogP contribution is -2.25. The number of rotatable bonds is 8. The third kappa shape index (κ3) is 4.13. The molecule has 1 aliphatic carbocycles. The Kier molecular flexibility index (Phi) is 5.71. The zero-order chi connectivity index (χ0) is 14.4. The maximum absolute atomic E-state index is 12.0. The van der Waals surface area contributed by atoms with E-state index in [9.17, 15) is 4.79 Å². The van der Waals surface area contributed by atoms with Gasteiger partial charge in [0.15, 0.2) is 5.82 Å². The summed E-state index contributed by atoms with van der Waals surface area (Å²) in [5.74, 6) is 1.69. The van der Waals surface area contributed by atoms with Gasteiger partial charge in [-0.25, -0.2) is 0 Å². The van der Waals surface area contributed by atoms with E-state index >= 15 is 0 Å². The highest BCUT2D eigenvalue weighted by Crippen LogP contribution is 2.26. The molecule has 5 heteroatoms. The zero-order valence-corrected chi connectivity index (χ0v) is 12.6. The molecule has 1 aliphatic rings. The lowest BCUT2D eigenvalue weighted by atomic mass is 10.0. The molecule has 1 fully saturated rings. The Labute approximate surface area is 120 Å². The predicted molar refractivity (Wildman–Crippen MR) is 76.5 cm³/mol. The standard InChI is InChI=1S/C15H25N3O2/c1-3-18(4-2)10-9-14-16-15(20-17-14)11-13(19)12-7-5-6-8-12/h12H,3-11H2,1-2H3. The molecule has 1 saturated carbocycles. The first-order valence-electron chi connectivity index (χ1n) is 7.79. The fourth-order valence-corrected chi connectivity index (χ4v) is 2.80. The van der Waals surface area contributed by atoms with Gasteiger partial charge in [0.25, 0.3) is 0 Å². The van der Waals surface area contributed by atoms with Gasteiger partial charge >= 0.3 is 0 Å². The largest absolute Gasteiger partial charge is 0.339 e. The van der Waals surface area contributed by atoms with E-state index in [4.69, 9.17) is 4.52 Å². The second-order valence-corrected chi connectivity index (χ2v) is 5.51. The Balaban J connectivity index is 1.80. The molecule has 20 heavy (non-hydrogen) atoms. The van der Waals surface area contributed by atoms with Crippen molar-refractivity contribution in [2.24, 2.45) is 5.92 Å². The minimum absolute atomic E-state index is 0.223. The van der Waals surface area contributed by atoms with Gasteiger partial charge in [-0.05, 0) is 25.9 Å². The van der Waals surface area contributed by atoms with Crippen LogP contribution in [0, 0.1) is 5.92 Å². The molecule has 0 spiro atoms. The fraction of sp³-hybridized carbons (Fsp3) is 0.800. The monoisotopic (exact) mass is 279 g/mol. The molecule has 0 radical (unpaired) electrons. The van der Waals surface area contributed by atoms with E-state index in [1.165, 1.54) is 12.8 Å². The Hall–Kier alpha value is -1.23. The van der Waals surface area contributed by atoms with Gasteiger partial charge in [-0.2, -0.15) is 4.98 Å². The minimum atomic E-state index is 0.223. The second-order valence-electron chi connectivity index (χ2n) is 5.51. The van der Waals surface area contributed by atoms with Crippen molar-refractivity contribution in [1.29, 1.82) is 0 Å². The highest BCUT2D eigenvalue weighted by atomic mass is 16.5. The molecule has 1 aromatic rings. The maximum Gasteiger partial charge on any atom is 0.234 e. The summed E-state index contributed by atoms with van der Waals surface area (Å²) in [4.78, 5) is 18.7. The number of Topliss-reactive ketones (excluding diaryl/α,β-unsaturated/α-hetero) is 1. The van der Waals surface area contributed by atoms with Crippen LogP contribution in [0.5, 0.6) is 0 Å². The molecule has 0 aliphatic heterocycles. The van der Waals surface area contributed by atoms with Gasteiger partial charge in [-0.1, -0.05) is 31.8 Å². The first-order chi connectivity index (χ1) is 9.72. The van der Waals surface area contributed by atoms with Crippen LogP contribution >= 0.6 is 0 Å². The molecule has 0 atom stereocenters. The summed E-state index contributed by atoms with van der Waals surface area (Å²) in [5.41, 5.74) is 0. The summed E-state index contributed by atoms with van der Waals surface area (Å²) in [6, 6.07) is 0. The van der Waals surface area contributed by atoms with Crippen LogP contribution in [0.25, 0.3) is 0 Å². The first-order valence-corrected chi connectivity index (χ1v) is 7.79. The van der Waals surface area contributed by atoms with Gasteiger partial charge in [-0.15, -0.1) is 0 Å². The molecule has 1 heterocycles. The van der Waals surface area contributed by atoms with Crippen LogP contribution in [0.3, 0.4) is 0 Å². The van der Waals surface area contributed by atoms with Gasteiger partial charge in [0, 0.05) is 18.9 Å². The van der Waals surface area contributed by atoms with E-state index < -0.39 is 0 Å². The molecule has 0 amide bonds. The van der Waals surface area contributed by atoms with Crippen LogP contribution in [0.15, 0.2) is 4.52 Å². The van der Waals surface area contributed by atoms with Crippen molar-refractivity contribution in [2.75, 3.05) is 19.6 Å². The van der Waals surface area contributed by atoms with E-state index in [-0.39, 0.29) is 11.7 Å². The number of carbonyl (C=O) groups is 1. The topological polar surface area (TPSA) is 59.2 Å². The number of hydrogen-bond donors (Lipinski definition) is 0. The van der Waals surface area contributed by atoms with Gasteiger partial charge in [0.2, 0.25) is 5.89 Å². The van der Waals surface area contributed by atoms with E-state index in [1.807, 2.05) is 0 Å². The lowest BCUT2D eigenvalue weighted by Gasteiger charge is -2.16. The molecular weight excluding hydrogens is 254 g/mol. The Morgan fingerprint density at radius 1 is 1.30 bits per heavy atom. The number of ketones is 1. The van der Waals surface area contributed by atoms with Crippen molar-refractivity contribution < 1.29 is 9.32 Å². The average Bonchev–Trinajstić information content (AvgIpc) is 3.11. The van der Waals surface area contributed by atoms with Crippen molar-refractivity contribution in [3.63, 3.8) is 0 Å². The van der Waals surface area contributed by atoms with Crippen LogP contribution in [0.2, 0.25) is 0 Å². The van der Waals surface area contributed by atoms with E-state index in [0.717, 1.165) is 38.9 Å². The third-order valence-electron chi connectivity index (χ3n) is 4.19. The summed E-state index contributed by atoms with van der Waals surface area (Å²) < 4.78 is 5.19. The number of carbonyl (C=O) groups excluding carboxylic acids is 1. The van der Waals surface area contributed by atoms with Crippen molar-refractivity contribution >= 4 is 5.78 Å². The molecule has 0 bridgehead atoms. The van der Waals surface area contributed by atoms with Gasteiger partial charge < -0.3 is 9.42 Å². The number of aromatic nitrogens is 2. The third-order valence-corrected chi connectivity index (χ3v) is 4.19. The van der Waals surface area contributed by atoms with Crippen LogP contribution in [0.4, 0.5) is 0 Å². The maximum atomic E-state index is 12.0. The Bertz CT molecular complexity index is 421. The zero-order valence-electron chi connectivity index (χ0n) is 12.6. The predicted octanol–water partition coefficient (Wildman–Crippen LogP) is 2.26. The van der Waals surface area contributed by atoms with Gasteiger partial charge in [0.1, 0.15) is 5.78 Å². The van der Waals surface area contributed by atoms with E-state index in [2.05, 4.69) is 28.9 Å². The molecular formula is C15H25N3O2. The fourth-order valence-electron chi connectivity index (χ4n) is 2.80. The van der Waals surface area contributed by atoms with Crippen molar-refractivity contribution in [1.82, 2.24) is 15.0 Å². The van der Waals surface area contributed by atoms with Gasteiger partial charge in [-0.3, -0.25) is 4.79 Å². The Morgan fingerprint density at radius 2 is 2.00 bits per heavy atom. The minimum Gasteiger partial charge on any atom is -0.339 e. The van der Waals surface area contributed by atoms with Crippen molar-refractivity contribution in [3.8, 4) is 0 Å². The number of likely N-dealkylation sites (N-methyl/N-ethyl adjacent to an activating group) is 1. The van der Waals surface area contributed by atoms with Gasteiger partial charge in [0.05, 0.1) is 6.42 Å². The normalized spacial score (nSPS) is 16.1. The van der Waals surface area contributed by atoms with Crippen LogP contribution in [-0.4, -0.2) is 40.5 Å². The molecule has 5 nitrogen and oxygen atoms in total. The average molecular weight is 279 g/mol. The first kappa shape index (κ1) is 15.2. The summed E-state index contributed by atoms with van der Waals surface area (Å²) in [5, 5.41) is 3.97. The quantitative estimate of drug-likeness (QED) is 0.730. The van der Waals surface area contributed by atoms with Crippen LogP contribution < -0.4 is 0 Å². The molecule has 2 rings (SSSR count). The molecule has 0 saturated heterocycles. The Morgan fingerprint density at radius 3 is 2.65 bits per heavy atom. The number of hydrogen-bond acceptors (Lipinski definition) is 5. The van der Waals surface area contributed by atoms with Crippen molar-refractivity contribution in [3.05, 3.63) is 11.7 Å². The SMILES string of the molecule is CCN(CC)CCc1noc(CC(=O)C2CCCC2)n1. The lowest BCUT2D eigenvalue weighted by molar-refractivity contribution is -0.122. The second kappa shape index (κ2) is 7.53. The highest BCUT2D eigenvalue weighted by molar-refractivity contribution is 5.82. The van der Waals surface area contributed by atoms with Crippen LogP contribution in [-0.2, 0) is 17.6 Å². The molecule has 0 N–H and O–H groups in total. The summed E-state index contributed by atoms with van der Waals surface area (Å²) in [6.45, 7) is 7.28.